The fraction of sp³-hybridized carbons (Fsp3) is 0.154. The molecule has 94 valence electrons. The molecule has 0 unspecified atom stereocenters. The molecule has 1 heterocycles. The van der Waals surface area contributed by atoms with Crippen molar-refractivity contribution in [2.75, 3.05) is 0 Å². The summed E-state index contributed by atoms with van der Waals surface area (Å²) in [6.45, 7) is 1.79. The average Bonchev–Trinajstić information content (AvgIpc) is 2.82. The van der Waals surface area contributed by atoms with Gasteiger partial charge in [-0.25, -0.2) is 8.78 Å². The number of hydrogen-bond acceptors (Lipinski definition) is 2. The Kier molecular flexibility index (Phi) is 3.61. The molecule has 5 heteroatoms. The summed E-state index contributed by atoms with van der Waals surface area (Å²) in [5, 5.41) is 0. The molecule has 0 amide bonds. The van der Waals surface area contributed by atoms with Gasteiger partial charge in [-0.05, 0) is 34.1 Å². The van der Waals surface area contributed by atoms with E-state index in [-0.39, 0.29) is 10.0 Å². The van der Waals surface area contributed by atoms with Crippen LogP contribution < -0.4 is 0 Å². The number of hydrogen-bond donors (Lipinski definition) is 0. The molecule has 18 heavy (non-hydrogen) atoms. The van der Waals surface area contributed by atoms with Gasteiger partial charge >= 0.3 is 0 Å². The first-order chi connectivity index (χ1) is 8.56. The molecule has 0 saturated heterocycles. The molecule has 0 aliphatic heterocycles. The molecular formula is C13H9BrF2O2. The molecule has 0 aliphatic carbocycles. The van der Waals surface area contributed by atoms with E-state index < -0.39 is 23.0 Å². The first kappa shape index (κ1) is 13.0. The number of aryl methyl sites for hydroxylation is 1. The zero-order valence-corrected chi connectivity index (χ0v) is 11.1. The quantitative estimate of drug-likeness (QED) is 0.630. The van der Waals surface area contributed by atoms with E-state index in [0.29, 0.717) is 12.2 Å². The first-order valence-electron chi connectivity index (χ1n) is 5.30. The fourth-order valence-corrected chi connectivity index (χ4v) is 2.02. The average molecular weight is 315 g/mol. The highest BCUT2D eigenvalue weighted by Gasteiger charge is 2.23. The molecule has 0 atom stereocenters. The zero-order valence-electron chi connectivity index (χ0n) is 9.47. The van der Waals surface area contributed by atoms with Crippen LogP contribution in [0.5, 0.6) is 0 Å². The number of rotatable bonds is 3. The third-order valence-corrected chi connectivity index (χ3v) is 3.19. The van der Waals surface area contributed by atoms with Crippen LogP contribution in [0.4, 0.5) is 8.78 Å². The third kappa shape index (κ3) is 2.10. The second kappa shape index (κ2) is 5.02. The van der Waals surface area contributed by atoms with E-state index in [1.54, 1.807) is 6.92 Å². The van der Waals surface area contributed by atoms with Crippen molar-refractivity contribution >= 4 is 21.7 Å². The Morgan fingerprint density at radius 2 is 2.06 bits per heavy atom. The maximum atomic E-state index is 13.8. The summed E-state index contributed by atoms with van der Waals surface area (Å²) >= 11 is 2.93. The Bertz CT molecular complexity index is 605. The first-order valence-corrected chi connectivity index (χ1v) is 6.10. The van der Waals surface area contributed by atoms with Gasteiger partial charge in [0.1, 0.15) is 11.6 Å². The minimum Gasteiger partial charge on any atom is -0.469 e. The number of furan rings is 1. The SMILES string of the molecule is CCc1occc1C(=O)c1c(F)ccc(Br)c1F. The number of carbonyl (C=O) groups excluding carboxylic acids is 1. The Hall–Kier alpha value is -1.49. The second-order valence-electron chi connectivity index (χ2n) is 3.66. The van der Waals surface area contributed by atoms with Gasteiger partial charge in [0.25, 0.3) is 0 Å². The molecule has 2 nitrogen and oxygen atoms in total. The van der Waals surface area contributed by atoms with Crippen LogP contribution in [0.15, 0.2) is 33.4 Å². The molecule has 2 aromatic rings. The number of benzene rings is 1. The smallest absolute Gasteiger partial charge is 0.202 e. The molecule has 0 bridgehead atoms. The van der Waals surface area contributed by atoms with Crippen LogP contribution in [0.1, 0.15) is 28.6 Å². The third-order valence-electron chi connectivity index (χ3n) is 2.58. The number of halogens is 3. The lowest BCUT2D eigenvalue weighted by atomic mass is 10.0. The predicted molar refractivity (Wildman–Crippen MR) is 65.6 cm³/mol. The summed E-state index contributed by atoms with van der Waals surface area (Å²) in [4.78, 5) is 12.1. The van der Waals surface area contributed by atoms with Crippen LogP contribution in [0.2, 0.25) is 0 Å². The summed E-state index contributed by atoms with van der Waals surface area (Å²) < 4.78 is 32.5. The van der Waals surface area contributed by atoms with Crippen molar-refractivity contribution in [2.24, 2.45) is 0 Å². The summed E-state index contributed by atoms with van der Waals surface area (Å²) in [7, 11) is 0. The van der Waals surface area contributed by atoms with Crippen LogP contribution in [0.25, 0.3) is 0 Å². The van der Waals surface area contributed by atoms with Crippen LogP contribution in [0, 0.1) is 11.6 Å². The maximum absolute atomic E-state index is 13.8. The Morgan fingerprint density at radius 1 is 1.33 bits per heavy atom. The summed E-state index contributed by atoms with van der Waals surface area (Å²) in [6.07, 6.45) is 1.81. The van der Waals surface area contributed by atoms with Crippen LogP contribution >= 0.6 is 15.9 Å². The zero-order chi connectivity index (χ0) is 13.3. The van der Waals surface area contributed by atoms with Gasteiger partial charge in [-0.2, -0.15) is 0 Å². The fourth-order valence-electron chi connectivity index (χ4n) is 1.69. The number of carbonyl (C=O) groups is 1. The van der Waals surface area contributed by atoms with Gasteiger partial charge in [0.2, 0.25) is 5.78 Å². The van der Waals surface area contributed by atoms with Crippen molar-refractivity contribution in [2.45, 2.75) is 13.3 Å². The summed E-state index contributed by atoms with van der Waals surface area (Å²) in [5.41, 5.74) is -0.381. The minimum atomic E-state index is -0.900. The van der Waals surface area contributed by atoms with E-state index >= 15 is 0 Å². The van der Waals surface area contributed by atoms with Crippen LogP contribution in [-0.4, -0.2) is 5.78 Å². The van der Waals surface area contributed by atoms with E-state index in [1.165, 1.54) is 18.4 Å². The molecule has 2 rings (SSSR count). The van der Waals surface area contributed by atoms with Gasteiger partial charge in [0, 0.05) is 6.42 Å². The van der Waals surface area contributed by atoms with Gasteiger partial charge < -0.3 is 4.42 Å². The van der Waals surface area contributed by atoms with E-state index in [2.05, 4.69) is 15.9 Å². The molecular weight excluding hydrogens is 306 g/mol. The van der Waals surface area contributed by atoms with E-state index in [9.17, 15) is 13.6 Å². The van der Waals surface area contributed by atoms with Gasteiger partial charge in [0.05, 0.1) is 21.9 Å². The van der Waals surface area contributed by atoms with Crippen LogP contribution in [-0.2, 0) is 6.42 Å². The largest absolute Gasteiger partial charge is 0.469 e. The van der Waals surface area contributed by atoms with Crippen molar-refractivity contribution in [1.29, 1.82) is 0 Å². The van der Waals surface area contributed by atoms with Crippen molar-refractivity contribution < 1.29 is 18.0 Å². The second-order valence-corrected chi connectivity index (χ2v) is 4.51. The molecule has 0 radical (unpaired) electrons. The Morgan fingerprint density at radius 3 is 2.72 bits per heavy atom. The minimum absolute atomic E-state index is 0.0498. The summed E-state index contributed by atoms with van der Waals surface area (Å²) in [5.74, 6) is -2.08. The van der Waals surface area contributed by atoms with E-state index in [1.807, 2.05) is 0 Å². The monoisotopic (exact) mass is 314 g/mol. The summed E-state index contributed by atoms with van der Waals surface area (Å²) in [6, 6.07) is 3.69. The molecule has 0 N–H and O–H groups in total. The lowest BCUT2D eigenvalue weighted by Gasteiger charge is -2.05. The molecule has 1 aromatic heterocycles. The normalized spacial score (nSPS) is 10.7. The van der Waals surface area contributed by atoms with Gasteiger partial charge in [-0.1, -0.05) is 6.92 Å². The van der Waals surface area contributed by atoms with Gasteiger partial charge in [-0.3, -0.25) is 4.79 Å². The molecule has 0 fully saturated rings. The number of ketones is 1. The van der Waals surface area contributed by atoms with Gasteiger partial charge in [0.15, 0.2) is 5.82 Å². The lowest BCUT2D eigenvalue weighted by Crippen LogP contribution is -2.09. The lowest BCUT2D eigenvalue weighted by molar-refractivity contribution is 0.102. The van der Waals surface area contributed by atoms with Crippen molar-refractivity contribution in [3.05, 3.63) is 57.5 Å². The maximum Gasteiger partial charge on any atom is 0.202 e. The predicted octanol–water partition coefficient (Wildman–Crippen LogP) is 4.11. The highest BCUT2D eigenvalue weighted by molar-refractivity contribution is 9.10. The highest BCUT2D eigenvalue weighted by atomic mass is 79.9. The highest BCUT2D eigenvalue weighted by Crippen LogP contribution is 2.25. The van der Waals surface area contributed by atoms with E-state index in [4.69, 9.17) is 4.42 Å². The van der Waals surface area contributed by atoms with Crippen molar-refractivity contribution in [3.63, 3.8) is 0 Å². The Balaban J connectivity index is 2.56. The molecule has 0 saturated carbocycles. The van der Waals surface area contributed by atoms with Gasteiger partial charge in [-0.15, -0.1) is 0 Å². The molecule has 1 aromatic carbocycles. The van der Waals surface area contributed by atoms with Crippen LogP contribution in [0.3, 0.4) is 0 Å². The van der Waals surface area contributed by atoms with Crippen molar-refractivity contribution in [3.8, 4) is 0 Å². The van der Waals surface area contributed by atoms with Crippen molar-refractivity contribution in [1.82, 2.24) is 0 Å². The van der Waals surface area contributed by atoms with E-state index in [0.717, 1.165) is 6.07 Å². The topological polar surface area (TPSA) is 30.2 Å². The molecule has 0 spiro atoms. The Labute approximate surface area is 111 Å². The molecule has 0 aliphatic rings. The standard InChI is InChI=1S/C13H9BrF2O2/c1-2-10-7(5-6-18-10)13(17)11-9(15)4-3-8(14)12(11)16/h3-6H,2H2,1H3.